The molecule has 2 heterocycles. The van der Waals surface area contributed by atoms with Gasteiger partial charge < -0.3 is 23.6 Å². The molecule has 8 heteroatoms. The zero-order chi connectivity index (χ0) is 24.9. The summed E-state index contributed by atoms with van der Waals surface area (Å²) in [5.74, 6) is -1.50. The van der Waals surface area contributed by atoms with E-state index in [0.717, 1.165) is 11.1 Å². The first-order valence-corrected chi connectivity index (χ1v) is 11.1. The van der Waals surface area contributed by atoms with Crippen molar-refractivity contribution in [3.63, 3.8) is 0 Å². The summed E-state index contributed by atoms with van der Waals surface area (Å²) in [6.45, 7) is 1.70. The van der Waals surface area contributed by atoms with E-state index in [2.05, 4.69) is 4.98 Å². The summed E-state index contributed by atoms with van der Waals surface area (Å²) in [6.07, 6.45) is 2.92. The average molecular weight is 475 g/mol. The first-order chi connectivity index (χ1) is 17.0. The molecule has 0 aliphatic carbocycles. The van der Waals surface area contributed by atoms with Crippen molar-refractivity contribution in [3.05, 3.63) is 77.4 Å². The molecule has 0 aliphatic heterocycles. The van der Waals surface area contributed by atoms with Crippen molar-refractivity contribution in [2.75, 3.05) is 20.8 Å². The summed E-state index contributed by atoms with van der Waals surface area (Å²) in [7, 11) is 2.67. The normalized spacial score (nSPS) is 10.8. The van der Waals surface area contributed by atoms with Crippen molar-refractivity contribution < 1.29 is 33.0 Å². The highest BCUT2D eigenvalue weighted by Gasteiger charge is 2.32. The number of ketones is 1. The second-order valence-corrected chi connectivity index (χ2v) is 7.84. The minimum absolute atomic E-state index is 0.0899. The summed E-state index contributed by atoms with van der Waals surface area (Å²) in [4.78, 5) is 40.3. The Hall–Kier alpha value is -4.33. The van der Waals surface area contributed by atoms with Crippen molar-refractivity contribution in [2.45, 2.75) is 19.8 Å². The standard InChI is InChI=1S/C27H25NO7/c1-16(29)34-14-8-12-18-11-7-13-19-20(15-28-22(18)19)23(30)26-24(32-2)21(17-9-5-4-6-10-17)25(35-26)27(31)33-3/h4-7,9-11,13,15,28H,8,12,14H2,1-3H3. The van der Waals surface area contributed by atoms with Crippen LogP contribution in [0.5, 0.6) is 5.75 Å². The lowest BCUT2D eigenvalue weighted by atomic mass is 10.0. The van der Waals surface area contributed by atoms with Crippen LogP contribution in [0, 0.1) is 0 Å². The second kappa shape index (κ2) is 10.3. The SMILES string of the molecule is COC(=O)c1oc(C(=O)c2c[nH]c3c(CCCOC(C)=O)cccc23)c(OC)c1-c1ccccc1. The molecule has 8 nitrogen and oxygen atoms in total. The zero-order valence-electron chi connectivity index (χ0n) is 19.7. The Bertz CT molecular complexity index is 1380. The number of furan rings is 1. The van der Waals surface area contributed by atoms with E-state index in [4.69, 9.17) is 18.6 Å². The van der Waals surface area contributed by atoms with Crippen LogP contribution >= 0.6 is 0 Å². The van der Waals surface area contributed by atoms with Crippen molar-refractivity contribution >= 4 is 28.6 Å². The molecule has 0 atom stereocenters. The van der Waals surface area contributed by atoms with Gasteiger partial charge in [0.1, 0.15) is 0 Å². The largest absolute Gasteiger partial charge is 0.492 e. The zero-order valence-corrected chi connectivity index (χ0v) is 19.7. The molecule has 0 saturated carbocycles. The fourth-order valence-electron chi connectivity index (χ4n) is 4.08. The molecule has 0 unspecified atom stereocenters. The highest BCUT2D eigenvalue weighted by molar-refractivity contribution is 6.18. The number of fused-ring (bicyclic) bond motifs is 1. The maximum absolute atomic E-state index is 13.7. The van der Waals surface area contributed by atoms with Crippen molar-refractivity contribution in [3.8, 4) is 16.9 Å². The van der Waals surface area contributed by atoms with Gasteiger partial charge in [-0.1, -0.05) is 48.5 Å². The minimum atomic E-state index is -0.713. The number of esters is 2. The predicted octanol–water partition coefficient (Wildman–Crippen LogP) is 4.95. The Morgan fingerprint density at radius 2 is 1.74 bits per heavy atom. The molecule has 4 aromatic rings. The number of aromatic amines is 1. The number of hydrogen-bond acceptors (Lipinski definition) is 7. The number of methoxy groups -OCH3 is 2. The van der Waals surface area contributed by atoms with Crippen molar-refractivity contribution in [1.29, 1.82) is 0 Å². The van der Waals surface area contributed by atoms with Gasteiger partial charge in [0.05, 0.1) is 32.0 Å². The number of hydrogen-bond donors (Lipinski definition) is 1. The van der Waals surface area contributed by atoms with Crippen LogP contribution < -0.4 is 4.74 Å². The third-order valence-electron chi connectivity index (χ3n) is 5.65. The van der Waals surface area contributed by atoms with Crippen LogP contribution in [0.2, 0.25) is 0 Å². The number of aromatic nitrogens is 1. The Balaban J connectivity index is 1.75. The number of para-hydroxylation sites is 1. The first-order valence-electron chi connectivity index (χ1n) is 11.1. The predicted molar refractivity (Wildman–Crippen MR) is 129 cm³/mol. The summed E-state index contributed by atoms with van der Waals surface area (Å²) in [5, 5.41) is 0.708. The number of aryl methyl sites for hydroxylation is 1. The van der Waals surface area contributed by atoms with Gasteiger partial charge in [-0.2, -0.15) is 0 Å². The molecular formula is C27H25NO7. The number of benzene rings is 2. The Kier molecular flexibility index (Phi) is 7.01. The molecule has 0 spiro atoms. The van der Waals surface area contributed by atoms with E-state index in [-0.39, 0.29) is 23.2 Å². The molecule has 0 radical (unpaired) electrons. The Morgan fingerprint density at radius 1 is 0.971 bits per heavy atom. The number of rotatable bonds is 9. The summed E-state index contributed by atoms with van der Waals surface area (Å²) in [5.41, 5.74) is 3.18. The molecule has 0 amide bonds. The quantitative estimate of drug-likeness (QED) is 0.207. The topological polar surface area (TPSA) is 108 Å². The molecule has 0 saturated heterocycles. The van der Waals surface area contributed by atoms with Gasteiger partial charge in [-0.05, 0) is 24.0 Å². The van der Waals surface area contributed by atoms with Crippen molar-refractivity contribution in [2.24, 2.45) is 0 Å². The number of nitrogens with one attached hydrogen (secondary N) is 1. The molecular weight excluding hydrogens is 450 g/mol. The minimum Gasteiger partial charge on any atom is -0.492 e. The van der Waals surface area contributed by atoms with Gasteiger partial charge in [0.15, 0.2) is 5.75 Å². The van der Waals surface area contributed by atoms with Gasteiger partial charge in [-0.15, -0.1) is 0 Å². The highest BCUT2D eigenvalue weighted by atomic mass is 16.5. The number of carbonyl (C=O) groups excluding carboxylic acids is 3. The fourth-order valence-corrected chi connectivity index (χ4v) is 4.08. The second-order valence-electron chi connectivity index (χ2n) is 7.84. The monoisotopic (exact) mass is 475 g/mol. The maximum Gasteiger partial charge on any atom is 0.374 e. The molecule has 2 aromatic heterocycles. The van der Waals surface area contributed by atoms with Gasteiger partial charge >= 0.3 is 11.9 Å². The number of H-pyrrole nitrogens is 1. The average Bonchev–Trinajstić information content (AvgIpc) is 3.48. The van der Waals surface area contributed by atoms with Gasteiger partial charge in [0.2, 0.25) is 17.3 Å². The van der Waals surface area contributed by atoms with Crippen LogP contribution in [-0.4, -0.2) is 43.5 Å². The van der Waals surface area contributed by atoms with Crippen molar-refractivity contribution in [1.82, 2.24) is 4.98 Å². The summed E-state index contributed by atoms with van der Waals surface area (Å²) in [6, 6.07) is 14.7. The van der Waals surface area contributed by atoms with E-state index in [9.17, 15) is 14.4 Å². The van der Waals surface area contributed by atoms with E-state index in [1.807, 2.05) is 36.4 Å². The molecule has 2 aromatic carbocycles. The maximum atomic E-state index is 13.7. The van der Waals surface area contributed by atoms with E-state index in [1.54, 1.807) is 18.3 Å². The molecule has 180 valence electrons. The fraction of sp³-hybridized carbons (Fsp3) is 0.222. The third kappa shape index (κ3) is 4.68. The van der Waals surface area contributed by atoms with Gasteiger partial charge in [-0.3, -0.25) is 9.59 Å². The van der Waals surface area contributed by atoms with Crippen LogP contribution in [0.1, 0.15) is 45.6 Å². The van der Waals surface area contributed by atoms with E-state index in [0.29, 0.717) is 41.5 Å². The smallest absolute Gasteiger partial charge is 0.374 e. The van der Waals surface area contributed by atoms with E-state index >= 15 is 0 Å². The van der Waals surface area contributed by atoms with Crippen LogP contribution in [0.4, 0.5) is 0 Å². The Labute approximate surface area is 201 Å². The Morgan fingerprint density at radius 3 is 2.43 bits per heavy atom. The van der Waals surface area contributed by atoms with Gasteiger partial charge in [0, 0.05) is 24.0 Å². The molecule has 1 N–H and O–H groups in total. The lowest BCUT2D eigenvalue weighted by molar-refractivity contribution is -0.141. The third-order valence-corrected chi connectivity index (χ3v) is 5.65. The molecule has 0 aliphatic rings. The van der Waals surface area contributed by atoms with Gasteiger partial charge in [-0.25, -0.2) is 4.79 Å². The highest BCUT2D eigenvalue weighted by Crippen LogP contribution is 2.41. The summed E-state index contributed by atoms with van der Waals surface area (Å²) < 4.78 is 21.3. The van der Waals surface area contributed by atoms with E-state index < -0.39 is 11.8 Å². The lowest BCUT2D eigenvalue weighted by Crippen LogP contribution is -2.02. The number of ether oxygens (including phenoxy) is 3. The van der Waals surface area contributed by atoms with Gasteiger partial charge in [0.25, 0.3) is 0 Å². The summed E-state index contributed by atoms with van der Waals surface area (Å²) >= 11 is 0. The lowest BCUT2D eigenvalue weighted by Gasteiger charge is -2.06. The molecule has 35 heavy (non-hydrogen) atoms. The van der Waals surface area contributed by atoms with Crippen LogP contribution in [0.15, 0.2) is 59.1 Å². The number of carbonyl (C=O) groups is 3. The molecule has 0 bridgehead atoms. The van der Waals surface area contributed by atoms with Crippen LogP contribution in [-0.2, 0) is 20.7 Å². The van der Waals surface area contributed by atoms with Crippen LogP contribution in [0.25, 0.3) is 22.0 Å². The molecule has 0 fully saturated rings. The van der Waals surface area contributed by atoms with E-state index in [1.165, 1.54) is 21.1 Å². The first kappa shape index (κ1) is 23.8. The van der Waals surface area contributed by atoms with Crippen LogP contribution in [0.3, 0.4) is 0 Å². The molecule has 4 rings (SSSR count).